The molecule has 1 heterocycles. The minimum absolute atomic E-state index is 0.134. The number of aryl methyl sites for hydroxylation is 1. The van der Waals surface area contributed by atoms with E-state index in [4.69, 9.17) is 0 Å². The van der Waals surface area contributed by atoms with Gasteiger partial charge >= 0.3 is 0 Å². The third-order valence-electron chi connectivity index (χ3n) is 3.87. The molecule has 0 fully saturated rings. The second-order valence-corrected chi connectivity index (χ2v) is 6.92. The Morgan fingerprint density at radius 2 is 1.81 bits per heavy atom. The summed E-state index contributed by atoms with van der Waals surface area (Å²) in [5.41, 5.74) is 2.10. The maximum atomic E-state index is 12.9. The molecule has 0 unspecified atom stereocenters. The smallest absolute Gasteiger partial charge is 0.234 e. The van der Waals surface area contributed by atoms with Gasteiger partial charge in [-0.05, 0) is 42.0 Å². The van der Waals surface area contributed by atoms with Crippen molar-refractivity contribution < 1.29 is 14.0 Å². The van der Waals surface area contributed by atoms with E-state index in [1.807, 2.05) is 0 Å². The fourth-order valence-corrected chi connectivity index (χ4v) is 3.25. The van der Waals surface area contributed by atoms with Crippen LogP contribution in [0.15, 0.2) is 60.9 Å². The zero-order valence-corrected chi connectivity index (χ0v) is 15.5. The highest BCUT2D eigenvalue weighted by atomic mass is 32.2. The number of anilines is 1. The van der Waals surface area contributed by atoms with Gasteiger partial charge in [0.25, 0.3) is 0 Å². The summed E-state index contributed by atoms with van der Waals surface area (Å²) in [6.45, 7) is 0. The van der Waals surface area contributed by atoms with Gasteiger partial charge in [-0.15, -0.1) is 11.8 Å². The van der Waals surface area contributed by atoms with Crippen molar-refractivity contribution in [3.63, 3.8) is 0 Å². The van der Waals surface area contributed by atoms with Crippen LogP contribution in [0.25, 0.3) is 0 Å². The summed E-state index contributed by atoms with van der Waals surface area (Å²) in [7, 11) is 1.76. The number of halogens is 1. The average molecular weight is 383 g/mol. The van der Waals surface area contributed by atoms with Gasteiger partial charge in [-0.3, -0.25) is 9.59 Å². The van der Waals surface area contributed by atoms with Crippen molar-refractivity contribution in [3.8, 4) is 0 Å². The van der Waals surface area contributed by atoms with Crippen LogP contribution in [0.1, 0.15) is 21.7 Å². The number of thioether (sulfide) groups is 1. The number of hydrogen-bond donors (Lipinski definition) is 1. The molecule has 0 bridgehead atoms. The highest BCUT2D eigenvalue weighted by molar-refractivity contribution is 7.99. The molecule has 138 valence electrons. The summed E-state index contributed by atoms with van der Waals surface area (Å²) in [5, 5.41) is 2.80. The number of aromatic nitrogens is 2. The van der Waals surface area contributed by atoms with Crippen LogP contribution >= 0.6 is 11.8 Å². The van der Waals surface area contributed by atoms with Gasteiger partial charge in [0.2, 0.25) is 11.7 Å². The Morgan fingerprint density at radius 3 is 2.44 bits per heavy atom. The lowest BCUT2D eigenvalue weighted by Crippen LogP contribution is -2.14. The van der Waals surface area contributed by atoms with Gasteiger partial charge in [0.15, 0.2) is 5.82 Å². The summed E-state index contributed by atoms with van der Waals surface area (Å²) in [5.74, 6) is 0.701. The Hall–Kier alpha value is -2.93. The lowest BCUT2D eigenvalue weighted by Gasteiger charge is -2.07. The number of amides is 1. The standard InChI is InChI=1S/C20H18FN3O2S/c1-24-11-10-22-20(24)19(26)15-4-8-17(9-5-15)23-18(25)13-27-12-14-2-6-16(21)7-3-14/h2-11H,12-13H2,1H3,(H,23,25). The summed E-state index contributed by atoms with van der Waals surface area (Å²) in [6.07, 6.45) is 3.29. The quantitative estimate of drug-likeness (QED) is 0.633. The Balaban J connectivity index is 1.50. The number of nitrogens with zero attached hydrogens (tertiary/aromatic N) is 2. The number of carbonyl (C=O) groups is 2. The van der Waals surface area contributed by atoms with Crippen molar-refractivity contribution >= 4 is 29.1 Å². The van der Waals surface area contributed by atoms with Crippen molar-refractivity contribution in [2.24, 2.45) is 7.05 Å². The topological polar surface area (TPSA) is 64.0 Å². The van der Waals surface area contributed by atoms with E-state index in [1.165, 1.54) is 23.9 Å². The molecule has 27 heavy (non-hydrogen) atoms. The van der Waals surface area contributed by atoms with Gasteiger partial charge < -0.3 is 9.88 Å². The second kappa shape index (κ2) is 8.64. The van der Waals surface area contributed by atoms with Crippen LogP contribution in [0, 0.1) is 5.82 Å². The van der Waals surface area contributed by atoms with Gasteiger partial charge in [0.05, 0.1) is 5.75 Å². The number of nitrogens with one attached hydrogen (secondary N) is 1. The molecular formula is C20H18FN3O2S. The van der Waals surface area contributed by atoms with E-state index < -0.39 is 0 Å². The van der Waals surface area contributed by atoms with E-state index >= 15 is 0 Å². The maximum absolute atomic E-state index is 12.9. The van der Waals surface area contributed by atoms with Crippen molar-refractivity contribution in [2.45, 2.75) is 5.75 Å². The van der Waals surface area contributed by atoms with Crippen LogP contribution in [0.4, 0.5) is 10.1 Å². The predicted octanol–water partition coefficient (Wildman–Crippen LogP) is 3.66. The molecule has 1 N–H and O–H groups in total. The number of hydrogen-bond acceptors (Lipinski definition) is 4. The molecule has 0 aliphatic rings. The van der Waals surface area contributed by atoms with Crippen molar-refractivity contribution in [2.75, 3.05) is 11.1 Å². The Morgan fingerprint density at radius 1 is 1.11 bits per heavy atom. The number of rotatable bonds is 7. The largest absolute Gasteiger partial charge is 0.331 e. The molecule has 0 aliphatic heterocycles. The zero-order valence-electron chi connectivity index (χ0n) is 14.7. The Kier molecular flexibility index (Phi) is 6.03. The molecule has 0 spiro atoms. The molecule has 3 rings (SSSR count). The number of ketones is 1. The van der Waals surface area contributed by atoms with E-state index in [9.17, 15) is 14.0 Å². The molecule has 1 amide bonds. The van der Waals surface area contributed by atoms with Crippen LogP contribution in [0.3, 0.4) is 0 Å². The van der Waals surface area contributed by atoms with Gasteiger partial charge in [-0.2, -0.15) is 0 Å². The summed E-state index contributed by atoms with van der Waals surface area (Å²) in [4.78, 5) is 28.4. The minimum Gasteiger partial charge on any atom is -0.331 e. The second-order valence-electron chi connectivity index (χ2n) is 5.94. The van der Waals surface area contributed by atoms with Crippen molar-refractivity contribution in [1.29, 1.82) is 0 Å². The number of benzene rings is 2. The van der Waals surface area contributed by atoms with Crippen molar-refractivity contribution in [1.82, 2.24) is 9.55 Å². The molecule has 0 aliphatic carbocycles. The highest BCUT2D eigenvalue weighted by Gasteiger charge is 2.13. The summed E-state index contributed by atoms with van der Waals surface area (Å²) >= 11 is 1.45. The normalized spacial score (nSPS) is 10.6. The Bertz CT molecular complexity index is 937. The van der Waals surface area contributed by atoms with Crippen LogP contribution in [-0.4, -0.2) is 27.0 Å². The molecule has 0 saturated heterocycles. The molecule has 0 atom stereocenters. The van der Waals surface area contributed by atoms with Gasteiger partial charge in [0, 0.05) is 36.4 Å². The van der Waals surface area contributed by atoms with Gasteiger partial charge in [-0.1, -0.05) is 12.1 Å². The lowest BCUT2D eigenvalue weighted by atomic mass is 10.1. The predicted molar refractivity (Wildman–Crippen MR) is 104 cm³/mol. The lowest BCUT2D eigenvalue weighted by molar-refractivity contribution is -0.113. The van der Waals surface area contributed by atoms with E-state index in [0.717, 1.165) is 5.56 Å². The first-order chi connectivity index (χ1) is 13.0. The molecule has 2 aromatic carbocycles. The first kappa shape index (κ1) is 18.8. The average Bonchev–Trinajstić information content (AvgIpc) is 3.09. The van der Waals surface area contributed by atoms with Crippen LogP contribution in [-0.2, 0) is 17.6 Å². The fourth-order valence-electron chi connectivity index (χ4n) is 2.46. The van der Waals surface area contributed by atoms with Crippen LogP contribution in [0.5, 0.6) is 0 Å². The molecule has 1 aromatic heterocycles. The van der Waals surface area contributed by atoms with E-state index in [-0.39, 0.29) is 23.3 Å². The molecule has 0 radical (unpaired) electrons. The van der Waals surface area contributed by atoms with E-state index in [0.29, 0.717) is 22.8 Å². The third kappa shape index (κ3) is 5.04. The maximum Gasteiger partial charge on any atom is 0.234 e. The first-order valence-corrected chi connectivity index (χ1v) is 9.42. The third-order valence-corrected chi connectivity index (χ3v) is 4.87. The minimum atomic E-state index is -0.272. The molecule has 7 heteroatoms. The summed E-state index contributed by atoms with van der Waals surface area (Å²) < 4.78 is 14.5. The van der Waals surface area contributed by atoms with Crippen molar-refractivity contribution in [3.05, 3.63) is 83.7 Å². The zero-order chi connectivity index (χ0) is 19.2. The molecule has 0 saturated carbocycles. The van der Waals surface area contributed by atoms with Crippen LogP contribution in [0.2, 0.25) is 0 Å². The fraction of sp³-hybridized carbons (Fsp3) is 0.150. The van der Waals surface area contributed by atoms with Gasteiger partial charge in [0.1, 0.15) is 5.82 Å². The first-order valence-electron chi connectivity index (χ1n) is 8.27. The molecule has 5 nitrogen and oxygen atoms in total. The molecular weight excluding hydrogens is 365 g/mol. The van der Waals surface area contributed by atoms with E-state index in [1.54, 1.807) is 60.4 Å². The van der Waals surface area contributed by atoms with Crippen LogP contribution < -0.4 is 5.32 Å². The number of imidazole rings is 1. The monoisotopic (exact) mass is 383 g/mol. The summed E-state index contributed by atoms with van der Waals surface area (Å²) in [6, 6.07) is 12.9. The Labute approximate surface area is 160 Å². The molecule has 3 aromatic rings. The number of carbonyl (C=O) groups excluding carboxylic acids is 2. The van der Waals surface area contributed by atoms with E-state index in [2.05, 4.69) is 10.3 Å². The SMILES string of the molecule is Cn1ccnc1C(=O)c1ccc(NC(=O)CSCc2ccc(F)cc2)cc1. The van der Waals surface area contributed by atoms with Gasteiger partial charge in [-0.25, -0.2) is 9.37 Å². The highest BCUT2D eigenvalue weighted by Crippen LogP contribution is 2.15.